The highest BCUT2D eigenvalue weighted by Gasteiger charge is 2.26. The molecule has 0 aliphatic heterocycles. The monoisotopic (exact) mass is 261 g/mol. The summed E-state index contributed by atoms with van der Waals surface area (Å²) in [5.41, 5.74) is 7.06. The average molecular weight is 261 g/mol. The number of nitrogens with zero attached hydrogens (tertiary/aromatic N) is 1. The maximum Gasteiger partial charge on any atom is 0.123 e. The van der Waals surface area contributed by atoms with E-state index in [4.69, 9.17) is 5.73 Å². The lowest BCUT2D eigenvalue weighted by Gasteiger charge is -2.34. The second-order valence-corrected chi connectivity index (χ2v) is 5.89. The lowest BCUT2D eigenvalue weighted by atomic mass is 9.75. The number of pyridine rings is 1. The molecule has 1 saturated carbocycles. The Hall–Kier alpha value is -1.09. The molecular formula is C16H27N3. The van der Waals surface area contributed by atoms with Crippen LogP contribution in [0.25, 0.3) is 0 Å². The Balaban J connectivity index is 1.99. The first-order valence-corrected chi connectivity index (χ1v) is 7.60. The van der Waals surface area contributed by atoms with Crippen LogP contribution in [0.5, 0.6) is 0 Å². The van der Waals surface area contributed by atoms with E-state index in [-0.39, 0.29) is 0 Å². The first kappa shape index (κ1) is 14.3. The molecule has 3 unspecified atom stereocenters. The molecule has 2 rings (SSSR count). The van der Waals surface area contributed by atoms with Crippen LogP contribution in [-0.2, 0) is 6.42 Å². The first-order chi connectivity index (χ1) is 9.22. The largest absolute Gasteiger partial charge is 0.384 e. The smallest absolute Gasteiger partial charge is 0.123 e. The molecule has 106 valence electrons. The molecular weight excluding hydrogens is 234 g/mol. The van der Waals surface area contributed by atoms with Gasteiger partial charge in [0.2, 0.25) is 0 Å². The molecule has 1 aliphatic carbocycles. The highest BCUT2D eigenvalue weighted by atomic mass is 14.9. The summed E-state index contributed by atoms with van der Waals surface area (Å²) < 4.78 is 0. The topological polar surface area (TPSA) is 50.9 Å². The predicted molar refractivity (Wildman–Crippen MR) is 80.9 cm³/mol. The van der Waals surface area contributed by atoms with Crippen molar-refractivity contribution >= 4 is 5.82 Å². The molecule has 1 aromatic rings. The lowest BCUT2D eigenvalue weighted by molar-refractivity contribution is 0.212. The van der Waals surface area contributed by atoms with Gasteiger partial charge in [0, 0.05) is 12.2 Å². The van der Waals surface area contributed by atoms with Crippen LogP contribution < -0.4 is 11.1 Å². The molecule has 1 aromatic heterocycles. The summed E-state index contributed by atoms with van der Waals surface area (Å²) in [6.07, 6.45) is 9.75. The average Bonchev–Trinajstić information content (AvgIpc) is 2.45. The predicted octanol–water partition coefficient (Wildman–Crippen LogP) is 3.01. The van der Waals surface area contributed by atoms with Gasteiger partial charge in [0.25, 0.3) is 0 Å². The third kappa shape index (κ3) is 3.93. The second kappa shape index (κ2) is 6.90. The van der Waals surface area contributed by atoms with Crippen LogP contribution in [-0.4, -0.2) is 18.1 Å². The zero-order chi connectivity index (χ0) is 13.7. The SMILES string of the molecule is CCC1CCCC(C(Cc2ccnc(N)c2)NC)C1. The minimum Gasteiger partial charge on any atom is -0.384 e. The van der Waals surface area contributed by atoms with Crippen LogP contribution in [0.3, 0.4) is 0 Å². The fourth-order valence-corrected chi connectivity index (χ4v) is 3.45. The highest BCUT2D eigenvalue weighted by Crippen LogP contribution is 2.33. The van der Waals surface area contributed by atoms with Crippen LogP contribution in [0.4, 0.5) is 5.82 Å². The molecule has 3 nitrogen and oxygen atoms in total. The van der Waals surface area contributed by atoms with Crippen LogP contribution >= 0.6 is 0 Å². The number of nitrogens with one attached hydrogen (secondary N) is 1. The molecule has 0 saturated heterocycles. The molecule has 0 bridgehead atoms. The molecule has 0 radical (unpaired) electrons. The number of hydrogen-bond acceptors (Lipinski definition) is 3. The molecule has 0 amide bonds. The number of nitrogen functional groups attached to an aromatic ring is 1. The molecule has 1 aliphatic rings. The third-order valence-electron chi connectivity index (χ3n) is 4.64. The van der Waals surface area contributed by atoms with Crippen LogP contribution in [0.2, 0.25) is 0 Å². The van der Waals surface area contributed by atoms with Crippen molar-refractivity contribution in [3.05, 3.63) is 23.9 Å². The minimum absolute atomic E-state index is 0.566. The molecule has 1 heterocycles. The Labute approximate surface area is 117 Å². The molecule has 1 fully saturated rings. The zero-order valence-corrected chi connectivity index (χ0v) is 12.2. The molecule has 19 heavy (non-hydrogen) atoms. The first-order valence-electron chi connectivity index (χ1n) is 7.60. The van der Waals surface area contributed by atoms with Crippen molar-refractivity contribution in [3.8, 4) is 0 Å². The van der Waals surface area contributed by atoms with Crippen LogP contribution in [0.1, 0.15) is 44.6 Å². The van der Waals surface area contributed by atoms with Crippen molar-refractivity contribution in [2.24, 2.45) is 11.8 Å². The van der Waals surface area contributed by atoms with Crippen molar-refractivity contribution in [2.75, 3.05) is 12.8 Å². The second-order valence-electron chi connectivity index (χ2n) is 5.89. The van der Waals surface area contributed by atoms with Gasteiger partial charge in [0.05, 0.1) is 0 Å². The minimum atomic E-state index is 0.566. The number of likely N-dealkylation sites (N-methyl/N-ethyl adjacent to an activating group) is 1. The quantitative estimate of drug-likeness (QED) is 0.856. The Bertz CT molecular complexity index is 391. The summed E-state index contributed by atoms with van der Waals surface area (Å²) in [5, 5.41) is 3.52. The summed E-state index contributed by atoms with van der Waals surface area (Å²) in [4.78, 5) is 4.07. The molecule has 0 spiro atoms. The van der Waals surface area contributed by atoms with E-state index < -0.39 is 0 Å². The molecule has 3 heteroatoms. The van der Waals surface area contributed by atoms with Gasteiger partial charge >= 0.3 is 0 Å². The lowest BCUT2D eigenvalue weighted by Crippen LogP contribution is -2.38. The van der Waals surface area contributed by atoms with Crippen molar-refractivity contribution in [1.82, 2.24) is 10.3 Å². The maximum absolute atomic E-state index is 5.77. The maximum atomic E-state index is 5.77. The fraction of sp³-hybridized carbons (Fsp3) is 0.688. The van der Waals surface area contributed by atoms with Gasteiger partial charge < -0.3 is 11.1 Å². The standard InChI is InChI=1S/C16H27N3/c1-3-12-5-4-6-14(9-12)15(18-2)10-13-7-8-19-16(17)11-13/h7-8,11-12,14-15,18H,3-6,9-10H2,1-2H3,(H2,17,19). The van der Waals surface area contributed by atoms with Gasteiger partial charge in [-0.3, -0.25) is 0 Å². The number of hydrogen-bond donors (Lipinski definition) is 2. The number of rotatable bonds is 5. The third-order valence-corrected chi connectivity index (χ3v) is 4.64. The van der Waals surface area contributed by atoms with E-state index >= 15 is 0 Å². The Morgan fingerprint density at radius 2 is 2.32 bits per heavy atom. The number of nitrogens with two attached hydrogens (primary N) is 1. The molecule has 3 N–H and O–H groups in total. The highest BCUT2D eigenvalue weighted by molar-refractivity contribution is 5.32. The van der Waals surface area contributed by atoms with Crippen molar-refractivity contribution < 1.29 is 0 Å². The summed E-state index contributed by atoms with van der Waals surface area (Å²) in [6, 6.07) is 4.65. The van der Waals surface area contributed by atoms with E-state index in [1.54, 1.807) is 0 Å². The van der Waals surface area contributed by atoms with Crippen molar-refractivity contribution in [3.63, 3.8) is 0 Å². The summed E-state index contributed by atoms with van der Waals surface area (Å²) in [6.45, 7) is 2.32. The van der Waals surface area contributed by atoms with Gasteiger partial charge in [-0.05, 0) is 55.8 Å². The Morgan fingerprint density at radius 1 is 1.47 bits per heavy atom. The normalized spacial score (nSPS) is 25.2. The van der Waals surface area contributed by atoms with Gasteiger partial charge in [-0.25, -0.2) is 4.98 Å². The van der Waals surface area contributed by atoms with E-state index in [0.717, 1.165) is 18.3 Å². The van der Waals surface area contributed by atoms with Gasteiger partial charge in [0.1, 0.15) is 5.82 Å². The van der Waals surface area contributed by atoms with Gasteiger partial charge in [-0.2, -0.15) is 0 Å². The summed E-state index contributed by atoms with van der Waals surface area (Å²) in [7, 11) is 2.09. The fourth-order valence-electron chi connectivity index (χ4n) is 3.45. The summed E-state index contributed by atoms with van der Waals surface area (Å²) >= 11 is 0. The van der Waals surface area contributed by atoms with Gasteiger partial charge in [-0.1, -0.05) is 26.2 Å². The van der Waals surface area contributed by atoms with Gasteiger partial charge in [0.15, 0.2) is 0 Å². The van der Waals surface area contributed by atoms with E-state index in [9.17, 15) is 0 Å². The Kier molecular flexibility index (Phi) is 5.20. The van der Waals surface area contributed by atoms with Crippen LogP contribution in [0, 0.1) is 11.8 Å². The van der Waals surface area contributed by atoms with E-state index in [2.05, 4.69) is 30.3 Å². The van der Waals surface area contributed by atoms with Crippen molar-refractivity contribution in [2.45, 2.75) is 51.5 Å². The zero-order valence-electron chi connectivity index (χ0n) is 12.2. The van der Waals surface area contributed by atoms with E-state index in [1.807, 2.05) is 12.3 Å². The number of aromatic nitrogens is 1. The van der Waals surface area contributed by atoms with E-state index in [1.165, 1.54) is 37.7 Å². The van der Waals surface area contributed by atoms with Crippen molar-refractivity contribution in [1.29, 1.82) is 0 Å². The van der Waals surface area contributed by atoms with Gasteiger partial charge in [-0.15, -0.1) is 0 Å². The Morgan fingerprint density at radius 3 is 3.00 bits per heavy atom. The van der Waals surface area contributed by atoms with E-state index in [0.29, 0.717) is 11.9 Å². The molecule has 3 atom stereocenters. The summed E-state index contributed by atoms with van der Waals surface area (Å²) in [5.74, 6) is 2.36. The number of anilines is 1. The molecule has 0 aromatic carbocycles. The van der Waals surface area contributed by atoms with Crippen LogP contribution in [0.15, 0.2) is 18.3 Å².